The Morgan fingerprint density at radius 3 is 2.27 bits per heavy atom. The van der Waals surface area contributed by atoms with Crippen LogP contribution in [0.4, 0.5) is 5.69 Å². The molecule has 1 aromatic heterocycles. The number of rotatable bonds is 12. The number of para-hydroxylation sites is 1. The maximum absolute atomic E-state index is 14.9. The van der Waals surface area contributed by atoms with Crippen LogP contribution in [0.1, 0.15) is 54.4 Å². The molecule has 13 heteroatoms. The fourth-order valence-corrected chi connectivity index (χ4v) is 7.81. The van der Waals surface area contributed by atoms with Gasteiger partial charge in [-0.3, -0.25) is 24.2 Å². The summed E-state index contributed by atoms with van der Waals surface area (Å²) in [4.78, 5) is 43.9. The normalized spacial score (nSPS) is 24.9. The number of hydrogen-bond acceptors (Lipinski definition) is 9. The molecule has 3 fully saturated rings. The van der Waals surface area contributed by atoms with Crippen molar-refractivity contribution in [3.8, 4) is 0 Å². The predicted octanol–water partition coefficient (Wildman–Crippen LogP) is 5.86. The van der Waals surface area contributed by atoms with E-state index in [0.29, 0.717) is 79.6 Å². The van der Waals surface area contributed by atoms with E-state index < -0.39 is 23.6 Å². The second-order valence-corrected chi connectivity index (χ2v) is 13.6. The number of nitrogens with zero attached hydrogens (tertiary/aromatic N) is 2. The first-order chi connectivity index (χ1) is 23.1. The van der Waals surface area contributed by atoms with Crippen LogP contribution in [-0.2, 0) is 30.2 Å². The van der Waals surface area contributed by atoms with Crippen molar-refractivity contribution in [1.29, 1.82) is 0 Å². The Hall–Kier alpha value is -3.03. The number of methoxy groups -OCH3 is 2. The third-order valence-electron chi connectivity index (χ3n) is 9.96. The van der Waals surface area contributed by atoms with E-state index in [2.05, 4.69) is 10.2 Å². The molecule has 2 aromatic carbocycles. The molecule has 2 N–H and O–H groups in total. The van der Waals surface area contributed by atoms with E-state index in [4.69, 9.17) is 41.8 Å². The van der Waals surface area contributed by atoms with Gasteiger partial charge >= 0.3 is 5.97 Å². The molecule has 3 heterocycles. The summed E-state index contributed by atoms with van der Waals surface area (Å²) < 4.78 is 24.0. The second-order valence-electron chi connectivity index (χ2n) is 12.8. The fourth-order valence-electron chi connectivity index (χ4n) is 7.34. The molecule has 48 heavy (non-hydrogen) atoms. The van der Waals surface area contributed by atoms with Gasteiger partial charge in [0.1, 0.15) is 11.8 Å². The minimum absolute atomic E-state index is 0.0914. The number of furan rings is 1. The topological polar surface area (TPSA) is 131 Å². The third kappa shape index (κ3) is 6.87. The number of fused-ring (bicyclic) bond motifs is 1. The van der Waals surface area contributed by atoms with Gasteiger partial charge < -0.3 is 29.1 Å². The molecule has 6 rings (SSSR count). The van der Waals surface area contributed by atoms with Crippen molar-refractivity contribution in [3.05, 3.63) is 63.8 Å². The van der Waals surface area contributed by atoms with Crippen molar-refractivity contribution >= 4 is 57.5 Å². The molecule has 3 aromatic rings. The minimum Gasteiger partial charge on any atom is -0.481 e. The molecule has 3 atom stereocenters. The van der Waals surface area contributed by atoms with Crippen LogP contribution in [-0.4, -0.2) is 97.1 Å². The number of carbonyl (C=O) groups is 3. The molecule has 0 spiro atoms. The first kappa shape index (κ1) is 34.8. The first-order valence-corrected chi connectivity index (χ1v) is 17.1. The van der Waals surface area contributed by atoms with Gasteiger partial charge in [-0.1, -0.05) is 41.4 Å². The molecule has 258 valence electrons. The summed E-state index contributed by atoms with van der Waals surface area (Å²) in [5.41, 5.74) is 1.74. The highest BCUT2D eigenvalue weighted by molar-refractivity contribution is 6.36. The highest BCUT2D eigenvalue weighted by atomic mass is 35.5. The number of anilines is 1. The standard InChI is InChI=1S/C35H41Cl2N3O8/c1-45-30-18-40(19-31(30)46-2)35(39-13-5-6-14-39,48-23-11-9-21(10-12-23)34(43)44)32(41)16-22-15-27(37)28(17-26(22)36)38-33(42)25-20-47-29-8-4-3-7-24(25)29/h3-4,7-8,15,17,20-21,23,30-31H,5-6,9-14,16,18-19H2,1-2H3,(H,38,42)(H,43,44)/t21?,23?,30-,31-,35?/m0/s1. The number of likely N-dealkylation sites (tertiary alicyclic amines) is 2. The number of halogens is 2. The molecule has 11 nitrogen and oxygen atoms in total. The second kappa shape index (κ2) is 14.8. The molecule has 1 amide bonds. The van der Waals surface area contributed by atoms with Gasteiger partial charge in [0.2, 0.25) is 5.85 Å². The summed E-state index contributed by atoms with van der Waals surface area (Å²) in [6, 6.07) is 10.4. The van der Waals surface area contributed by atoms with Crippen LogP contribution in [0.3, 0.4) is 0 Å². The summed E-state index contributed by atoms with van der Waals surface area (Å²) in [6.07, 6.45) is 4.28. The average molecular weight is 703 g/mol. The lowest BCUT2D eigenvalue weighted by atomic mass is 9.87. The van der Waals surface area contributed by atoms with Crippen molar-refractivity contribution in [2.75, 3.05) is 45.7 Å². The zero-order valence-corrected chi connectivity index (χ0v) is 28.6. The largest absolute Gasteiger partial charge is 0.481 e. The third-order valence-corrected chi connectivity index (χ3v) is 10.6. The number of ether oxygens (including phenoxy) is 3. The van der Waals surface area contributed by atoms with Crippen molar-refractivity contribution in [2.24, 2.45) is 5.92 Å². The zero-order chi connectivity index (χ0) is 34.0. The maximum Gasteiger partial charge on any atom is 0.306 e. The highest BCUT2D eigenvalue weighted by Gasteiger charge is 2.56. The van der Waals surface area contributed by atoms with Gasteiger partial charge in [-0.15, -0.1) is 0 Å². The summed E-state index contributed by atoms with van der Waals surface area (Å²) in [5.74, 6) is -3.29. The number of benzene rings is 2. The Balaban J connectivity index is 1.29. The zero-order valence-electron chi connectivity index (χ0n) is 27.1. The number of carboxylic acid groups (broad SMARTS) is 1. The number of carbonyl (C=O) groups excluding carboxylic acids is 2. The van der Waals surface area contributed by atoms with Gasteiger partial charge in [-0.25, -0.2) is 0 Å². The maximum atomic E-state index is 14.9. The fraction of sp³-hybridized carbons (Fsp3) is 0.514. The van der Waals surface area contributed by atoms with Crippen LogP contribution in [0.25, 0.3) is 11.0 Å². The van der Waals surface area contributed by atoms with Crippen LogP contribution in [0.15, 0.2) is 47.1 Å². The molecule has 0 radical (unpaired) electrons. The SMILES string of the molecule is CO[C@H]1CN(C(OC2CCC(C(=O)O)CC2)(C(=O)Cc2cc(Cl)c(NC(=O)c3coc4ccccc34)cc2Cl)N2CCCC2)C[C@@H]1OC. The van der Waals surface area contributed by atoms with Crippen LogP contribution in [0.5, 0.6) is 0 Å². The van der Waals surface area contributed by atoms with Gasteiger partial charge in [-0.2, -0.15) is 0 Å². The van der Waals surface area contributed by atoms with Gasteiger partial charge in [0.25, 0.3) is 5.91 Å². The molecule has 1 aliphatic carbocycles. The molecular weight excluding hydrogens is 661 g/mol. The molecule has 2 saturated heterocycles. The minimum atomic E-state index is -1.45. The van der Waals surface area contributed by atoms with E-state index in [0.717, 1.165) is 12.8 Å². The Morgan fingerprint density at radius 1 is 0.958 bits per heavy atom. The molecule has 1 unspecified atom stereocenters. The van der Waals surface area contributed by atoms with Crippen LogP contribution >= 0.6 is 23.2 Å². The number of aliphatic carboxylic acids is 1. The monoisotopic (exact) mass is 701 g/mol. The van der Waals surface area contributed by atoms with E-state index in [-0.39, 0.29) is 40.6 Å². The number of amides is 1. The first-order valence-electron chi connectivity index (χ1n) is 16.4. The lowest BCUT2D eigenvalue weighted by Gasteiger charge is -2.48. The van der Waals surface area contributed by atoms with Gasteiger partial charge in [0.15, 0.2) is 5.78 Å². The molecule has 3 aliphatic rings. The van der Waals surface area contributed by atoms with E-state index in [1.165, 1.54) is 6.26 Å². The van der Waals surface area contributed by atoms with Gasteiger partial charge in [-0.05, 0) is 62.3 Å². The van der Waals surface area contributed by atoms with Crippen molar-refractivity contribution in [2.45, 2.75) is 69.1 Å². The summed E-state index contributed by atoms with van der Waals surface area (Å²) >= 11 is 13.5. The van der Waals surface area contributed by atoms with Gasteiger partial charge in [0.05, 0.1) is 40.5 Å². The number of nitrogens with one attached hydrogen (secondary N) is 1. The molecule has 1 saturated carbocycles. The lowest BCUT2D eigenvalue weighted by molar-refractivity contribution is -0.253. The van der Waals surface area contributed by atoms with Crippen LogP contribution in [0, 0.1) is 5.92 Å². The Kier molecular flexibility index (Phi) is 10.8. The van der Waals surface area contributed by atoms with E-state index >= 15 is 0 Å². The Bertz CT molecular complexity index is 1640. The van der Waals surface area contributed by atoms with E-state index in [1.807, 2.05) is 17.0 Å². The Labute approximate surface area is 289 Å². The number of carboxylic acids is 1. The number of hydrogen-bond donors (Lipinski definition) is 2. The lowest BCUT2D eigenvalue weighted by Crippen LogP contribution is -2.67. The van der Waals surface area contributed by atoms with Crippen molar-refractivity contribution in [1.82, 2.24) is 9.80 Å². The molecular formula is C35H41Cl2N3O8. The number of ketones is 1. The number of Topliss-reactive ketones (excluding diaryl/α,β-unsaturated/α-hetero) is 1. The quantitative estimate of drug-likeness (QED) is 0.237. The summed E-state index contributed by atoms with van der Waals surface area (Å²) in [6.45, 7) is 2.13. The summed E-state index contributed by atoms with van der Waals surface area (Å²) in [7, 11) is 3.26. The average Bonchev–Trinajstić information content (AvgIpc) is 3.86. The summed E-state index contributed by atoms with van der Waals surface area (Å²) in [5, 5.41) is 13.6. The van der Waals surface area contributed by atoms with Crippen LogP contribution < -0.4 is 5.32 Å². The highest BCUT2D eigenvalue weighted by Crippen LogP contribution is 2.39. The predicted molar refractivity (Wildman–Crippen MR) is 181 cm³/mol. The van der Waals surface area contributed by atoms with Crippen molar-refractivity contribution in [3.63, 3.8) is 0 Å². The molecule has 0 bridgehead atoms. The molecule has 2 aliphatic heterocycles. The van der Waals surface area contributed by atoms with E-state index in [9.17, 15) is 19.5 Å². The van der Waals surface area contributed by atoms with Crippen molar-refractivity contribution < 1.29 is 38.1 Å². The van der Waals surface area contributed by atoms with Gasteiger partial charge in [0, 0.05) is 57.2 Å². The smallest absolute Gasteiger partial charge is 0.306 e. The van der Waals surface area contributed by atoms with Crippen LogP contribution in [0.2, 0.25) is 10.0 Å². The Morgan fingerprint density at radius 2 is 1.62 bits per heavy atom. The van der Waals surface area contributed by atoms with E-state index in [1.54, 1.807) is 38.5 Å².